The molecule has 0 radical (unpaired) electrons. The van der Waals surface area contributed by atoms with Crippen molar-refractivity contribution >= 4 is 11.7 Å². The van der Waals surface area contributed by atoms with E-state index in [0.717, 1.165) is 19.3 Å². The average Bonchev–Trinajstić information content (AvgIpc) is 3.51. The molecule has 2 bridgehead atoms. The summed E-state index contributed by atoms with van der Waals surface area (Å²) in [5.41, 5.74) is 1.69. The Kier molecular flexibility index (Phi) is 6.52. The minimum absolute atomic E-state index is 0.0688. The van der Waals surface area contributed by atoms with Gasteiger partial charge in [0, 0.05) is 30.6 Å². The molecule has 1 saturated heterocycles. The lowest BCUT2D eigenvalue weighted by molar-refractivity contribution is -0.122. The van der Waals surface area contributed by atoms with Gasteiger partial charge in [-0.15, -0.1) is 0 Å². The second kappa shape index (κ2) is 9.33. The first kappa shape index (κ1) is 22.3. The van der Waals surface area contributed by atoms with Gasteiger partial charge in [-0.05, 0) is 54.7 Å². The van der Waals surface area contributed by atoms with Crippen LogP contribution in [-0.2, 0) is 11.2 Å². The molecule has 1 aliphatic heterocycles. The molecule has 6 nitrogen and oxygen atoms in total. The number of carbonyl (C=O) groups is 2. The second-order valence-electron chi connectivity index (χ2n) is 9.59. The zero-order valence-electron chi connectivity index (χ0n) is 18.6. The van der Waals surface area contributed by atoms with Crippen LogP contribution in [0.15, 0.2) is 30.6 Å². The number of carbonyl (C=O) groups excluding carboxylic acids is 2. The number of piperidine rings is 1. The van der Waals surface area contributed by atoms with Gasteiger partial charge in [0.05, 0.1) is 24.2 Å². The zero-order chi connectivity index (χ0) is 22.8. The minimum atomic E-state index is -0.555. The summed E-state index contributed by atoms with van der Waals surface area (Å²) in [7, 11) is 0. The summed E-state index contributed by atoms with van der Waals surface area (Å²) in [6, 6.07) is 7.30. The van der Waals surface area contributed by atoms with Gasteiger partial charge in [0.1, 0.15) is 5.82 Å². The van der Waals surface area contributed by atoms with E-state index in [9.17, 15) is 19.2 Å². The molecule has 1 N–H and O–H groups in total. The molecule has 0 unspecified atom stereocenters. The molecule has 0 spiro atoms. The van der Waals surface area contributed by atoms with E-state index in [1.54, 1.807) is 24.5 Å². The molecule has 2 heterocycles. The number of hydrogen-bond acceptors (Lipinski definition) is 5. The fourth-order valence-corrected chi connectivity index (χ4v) is 4.96. The van der Waals surface area contributed by atoms with Crippen molar-refractivity contribution in [3.63, 3.8) is 0 Å². The van der Waals surface area contributed by atoms with Gasteiger partial charge in [0.15, 0.2) is 5.78 Å². The molecular formula is C25H29FN4O2. The van der Waals surface area contributed by atoms with Gasteiger partial charge in [0.25, 0.3) is 0 Å². The third-order valence-corrected chi connectivity index (χ3v) is 6.61. The monoisotopic (exact) mass is 436 g/mol. The maximum atomic E-state index is 14.8. The van der Waals surface area contributed by atoms with Crippen molar-refractivity contribution in [2.75, 3.05) is 0 Å². The topological polar surface area (TPSA) is 87.8 Å². The van der Waals surface area contributed by atoms with E-state index in [-0.39, 0.29) is 36.5 Å². The summed E-state index contributed by atoms with van der Waals surface area (Å²) in [4.78, 5) is 24.9. The van der Waals surface area contributed by atoms with E-state index in [1.807, 2.05) is 13.8 Å². The molecule has 168 valence electrons. The van der Waals surface area contributed by atoms with Gasteiger partial charge in [-0.25, -0.2) is 9.07 Å². The summed E-state index contributed by atoms with van der Waals surface area (Å²) in [5.74, 6) is -0.397. The van der Waals surface area contributed by atoms with E-state index in [4.69, 9.17) is 0 Å². The van der Waals surface area contributed by atoms with Gasteiger partial charge >= 0.3 is 0 Å². The van der Waals surface area contributed by atoms with Crippen LogP contribution in [0.1, 0.15) is 56.3 Å². The number of benzene rings is 1. The van der Waals surface area contributed by atoms with Gasteiger partial charge in [-0.2, -0.15) is 10.4 Å². The summed E-state index contributed by atoms with van der Waals surface area (Å²) >= 11 is 0. The zero-order valence-corrected chi connectivity index (χ0v) is 18.6. The fourth-order valence-electron chi connectivity index (χ4n) is 4.96. The predicted octanol–water partition coefficient (Wildman–Crippen LogP) is 4.16. The van der Waals surface area contributed by atoms with Crippen molar-refractivity contribution in [1.29, 1.82) is 5.26 Å². The number of fused-ring (bicyclic) bond motifs is 2. The van der Waals surface area contributed by atoms with Crippen molar-refractivity contribution in [2.24, 2.45) is 17.8 Å². The molecule has 4 rings (SSSR count). The number of nitrogens with zero attached hydrogens (tertiary/aromatic N) is 3. The van der Waals surface area contributed by atoms with Gasteiger partial charge in [-0.3, -0.25) is 9.59 Å². The Labute approximate surface area is 187 Å². The molecule has 1 aliphatic carbocycles. The van der Waals surface area contributed by atoms with Crippen LogP contribution < -0.4 is 5.32 Å². The lowest BCUT2D eigenvalue weighted by Gasteiger charge is -2.22. The highest BCUT2D eigenvalue weighted by atomic mass is 19.1. The molecule has 1 aromatic heterocycles. The predicted molar refractivity (Wildman–Crippen MR) is 118 cm³/mol. The second-order valence-corrected chi connectivity index (χ2v) is 9.59. The quantitative estimate of drug-likeness (QED) is 0.671. The molecule has 2 aliphatic rings. The number of aromatic nitrogens is 2. The Morgan fingerprint density at radius 3 is 2.72 bits per heavy atom. The van der Waals surface area contributed by atoms with Gasteiger partial charge in [-0.1, -0.05) is 26.0 Å². The van der Waals surface area contributed by atoms with Crippen molar-refractivity contribution in [3.8, 4) is 17.2 Å². The molecule has 1 aromatic carbocycles. The normalized spacial score (nSPS) is 22.8. The summed E-state index contributed by atoms with van der Waals surface area (Å²) in [5, 5.41) is 17.0. The Morgan fingerprint density at radius 1 is 1.28 bits per heavy atom. The summed E-state index contributed by atoms with van der Waals surface area (Å²) in [6.45, 7) is 3.93. The first-order valence-electron chi connectivity index (χ1n) is 11.4. The van der Waals surface area contributed by atoms with Crippen LogP contribution >= 0.6 is 0 Å². The Hall–Kier alpha value is -2.85. The Balaban J connectivity index is 1.40. The van der Waals surface area contributed by atoms with Crippen LogP contribution in [0.4, 0.5) is 4.39 Å². The van der Waals surface area contributed by atoms with E-state index >= 15 is 0 Å². The average molecular weight is 437 g/mol. The summed E-state index contributed by atoms with van der Waals surface area (Å²) in [6.07, 6.45) is 7.12. The van der Waals surface area contributed by atoms with Crippen molar-refractivity contribution in [3.05, 3.63) is 42.0 Å². The number of ketones is 1. The van der Waals surface area contributed by atoms with E-state index < -0.39 is 11.7 Å². The molecule has 0 amide bonds. The Bertz CT molecular complexity index is 1050. The number of nitrogens with one attached hydrogen (secondary N) is 1. The third-order valence-electron chi connectivity index (χ3n) is 6.61. The summed E-state index contributed by atoms with van der Waals surface area (Å²) < 4.78 is 16.1. The van der Waals surface area contributed by atoms with E-state index in [0.29, 0.717) is 35.1 Å². The van der Waals surface area contributed by atoms with E-state index in [2.05, 4.69) is 16.5 Å². The van der Waals surface area contributed by atoms with E-state index in [1.165, 1.54) is 10.7 Å². The largest absolute Gasteiger partial charge is 0.304 e. The van der Waals surface area contributed by atoms with Crippen LogP contribution in [-0.4, -0.2) is 33.6 Å². The standard InChI is InChI=1S/C25H29FN4O2/c1-15(2)7-24(32)30-14-20(13-28-30)17-3-4-18(22(26)11-17)8-16(12-27)9-23(31)25-19-5-6-21(10-19)29-25/h3-4,11,13-16,19,21,25,29H,5-10H2,1-2H3/t16-,19+,21-,25+/m1/s1. The Morgan fingerprint density at radius 2 is 2.09 bits per heavy atom. The number of hydrogen-bond donors (Lipinski definition) is 1. The molecular weight excluding hydrogens is 407 g/mol. The number of nitriles is 1. The highest BCUT2D eigenvalue weighted by Crippen LogP contribution is 2.36. The van der Waals surface area contributed by atoms with Crippen molar-refractivity contribution < 1.29 is 14.0 Å². The van der Waals surface area contributed by atoms with Gasteiger partial charge < -0.3 is 5.32 Å². The van der Waals surface area contributed by atoms with Crippen LogP contribution in [0, 0.1) is 34.9 Å². The molecule has 32 heavy (non-hydrogen) atoms. The van der Waals surface area contributed by atoms with Crippen LogP contribution in [0.3, 0.4) is 0 Å². The number of halogens is 1. The molecule has 4 atom stereocenters. The molecule has 7 heteroatoms. The van der Waals surface area contributed by atoms with Crippen molar-refractivity contribution in [2.45, 2.75) is 64.5 Å². The van der Waals surface area contributed by atoms with Gasteiger partial charge in [0.2, 0.25) is 5.91 Å². The van der Waals surface area contributed by atoms with Crippen LogP contribution in [0.25, 0.3) is 11.1 Å². The first-order valence-corrected chi connectivity index (χ1v) is 11.4. The molecule has 2 aromatic rings. The van der Waals surface area contributed by atoms with Crippen molar-refractivity contribution in [1.82, 2.24) is 15.1 Å². The number of rotatable bonds is 8. The minimum Gasteiger partial charge on any atom is -0.304 e. The van der Waals surface area contributed by atoms with Crippen LogP contribution in [0.2, 0.25) is 0 Å². The highest BCUT2D eigenvalue weighted by molar-refractivity contribution is 5.85. The maximum absolute atomic E-state index is 14.8. The fraction of sp³-hybridized carbons (Fsp3) is 0.520. The van der Waals surface area contributed by atoms with Crippen LogP contribution in [0.5, 0.6) is 0 Å². The smallest absolute Gasteiger partial charge is 0.247 e. The molecule has 2 fully saturated rings. The molecule has 1 saturated carbocycles. The first-order chi connectivity index (χ1) is 15.3. The lowest BCUT2D eigenvalue weighted by atomic mass is 9.88. The third kappa shape index (κ3) is 4.81. The maximum Gasteiger partial charge on any atom is 0.247 e. The lowest BCUT2D eigenvalue weighted by Crippen LogP contribution is -2.42. The SMILES string of the molecule is CC(C)CC(=O)n1cc(-c2ccc(C[C@@H](C#N)CC(=O)[C@H]3N[C@@H]4CC[C@H]3C4)c(F)c2)cn1. The highest BCUT2D eigenvalue weighted by Gasteiger charge is 2.42. The number of Topliss-reactive ketones (excluding diaryl/α,β-unsaturated/α-hetero) is 1.